The van der Waals surface area contributed by atoms with Crippen LogP contribution in [0.2, 0.25) is 0 Å². The fraction of sp³-hybridized carbons (Fsp3) is 0.320. The lowest BCUT2D eigenvalue weighted by Crippen LogP contribution is -2.46. The van der Waals surface area contributed by atoms with Crippen molar-refractivity contribution in [3.05, 3.63) is 66.2 Å². The molecular weight excluding hydrogens is 422 g/mol. The number of hydrogen-bond donors (Lipinski definition) is 0. The van der Waals surface area contributed by atoms with E-state index < -0.39 is 17.7 Å². The molecule has 0 radical (unpaired) electrons. The summed E-state index contributed by atoms with van der Waals surface area (Å²) in [7, 11) is 3.12. The summed E-state index contributed by atoms with van der Waals surface area (Å²) in [5.74, 6) is 1.08. The predicted octanol–water partition coefficient (Wildman–Crippen LogP) is 4.44. The number of methoxy groups -OCH3 is 2. The zero-order chi connectivity index (χ0) is 23.8. The number of carbonyl (C=O) groups is 2. The number of rotatable bonds is 5. The average molecular weight is 450 g/mol. The first-order valence-corrected chi connectivity index (χ1v) is 10.6. The Hall–Kier alpha value is -3.81. The molecule has 172 valence electrons. The molecule has 1 atom stereocenters. The second-order valence-electron chi connectivity index (χ2n) is 8.75. The van der Waals surface area contributed by atoms with Crippen molar-refractivity contribution in [1.29, 1.82) is 0 Å². The van der Waals surface area contributed by atoms with Gasteiger partial charge in [0.25, 0.3) is 0 Å². The molecule has 0 saturated heterocycles. The Bertz CT molecular complexity index is 1170. The number of benzene rings is 2. The van der Waals surface area contributed by atoms with Gasteiger partial charge in [0, 0.05) is 37.0 Å². The van der Waals surface area contributed by atoms with Crippen LogP contribution < -0.4 is 14.4 Å². The molecule has 2 heterocycles. The highest BCUT2D eigenvalue weighted by atomic mass is 16.6. The molecular formula is C25H27N3O5. The molecule has 1 amide bonds. The first-order valence-electron chi connectivity index (χ1n) is 10.6. The van der Waals surface area contributed by atoms with Crippen LogP contribution in [-0.2, 0) is 11.2 Å². The molecule has 4 rings (SSSR count). The summed E-state index contributed by atoms with van der Waals surface area (Å²) >= 11 is 0. The Labute approximate surface area is 192 Å². The van der Waals surface area contributed by atoms with Crippen molar-refractivity contribution < 1.29 is 23.8 Å². The molecule has 1 aromatic heterocycles. The molecule has 0 bridgehead atoms. The number of anilines is 1. The van der Waals surface area contributed by atoms with Crippen molar-refractivity contribution in [1.82, 2.24) is 9.55 Å². The minimum absolute atomic E-state index is 0.205. The number of para-hydroxylation sites is 1. The number of nitrogens with zero attached hydrogens (tertiary/aromatic N) is 3. The molecule has 3 aromatic rings. The number of fused-ring (bicyclic) bond motifs is 1. The van der Waals surface area contributed by atoms with Gasteiger partial charge in [0.05, 0.1) is 25.6 Å². The first-order chi connectivity index (χ1) is 15.7. The third kappa shape index (κ3) is 4.41. The Balaban J connectivity index is 1.73. The Morgan fingerprint density at radius 3 is 2.33 bits per heavy atom. The van der Waals surface area contributed by atoms with E-state index in [0.717, 1.165) is 5.56 Å². The van der Waals surface area contributed by atoms with Crippen LogP contribution >= 0.6 is 0 Å². The molecule has 33 heavy (non-hydrogen) atoms. The molecule has 0 saturated carbocycles. The van der Waals surface area contributed by atoms with Gasteiger partial charge < -0.3 is 14.2 Å². The summed E-state index contributed by atoms with van der Waals surface area (Å²) in [4.78, 5) is 32.7. The summed E-state index contributed by atoms with van der Waals surface area (Å²) in [5.41, 5.74) is 1.54. The van der Waals surface area contributed by atoms with Crippen molar-refractivity contribution in [2.45, 2.75) is 38.8 Å². The third-order valence-corrected chi connectivity index (χ3v) is 5.34. The standard InChI is InChI=1S/C25H27N3O5/c1-25(2,3)33-24(30)28-20-9-7-6-8-16(20)12-21(28)22(29)23-26-10-11-27(23)17-13-18(31-4)15-19(14-17)32-5/h6-11,13-15,21H,12H2,1-5H3. The molecule has 1 aliphatic rings. The fourth-order valence-corrected chi connectivity index (χ4v) is 3.91. The van der Waals surface area contributed by atoms with E-state index in [9.17, 15) is 9.59 Å². The third-order valence-electron chi connectivity index (χ3n) is 5.34. The van der Waals surface area contributed by atoms with Crippen LogP contribution in [0.15, 0.2) is 54.9 Å². The second kappa shape index (κ2) is 8.61. The van der Waals surface area contributed by atoms with Crippen molar-refractivity contribution in [3.63, 3.8) is 0 Å². The van der Waals surface area contributed by atoms with E-state index >= 15 is 0 Å². The summed E-state index contributed by atoms with van der Waals surface area (Å²) < 4.78 is 18.0. The number of ether oxygens (including phenoxy) is 3. The predicted molar refractivity (Wildman–Crippen MR) is 124 cm³/mol. The zero-order valence-corrected chi connectivity index (χ0v) is 19.4. The second-order valence-corrected chi connectivity index (χ2v) is 8.75. The van der Waals surface area contributed by atoms with E-state index in [2.05, 4.69) is 4.98 Å². The van der Waals surface area contributed by atoms with Crippen molar-refractivity contribution >= 4 is 17.6 Å². The minimum Gasteiger partial charge on any atom is -0.497 e. The van der Waals surface area contributed by atoms with Crippen LogP contribution in [0.1, 0.15) is 37.0 Å². The van der Waals surface area contributed by atoms with E-state index in [4.69, 9.17) is 14.2 Å². The molecule has 1 aliphatic heterocycles. The number of ketones is 1. The topological polar surface area (TPSA) is 82.9 Å². The van der Waals surface area contributed by atoms with Crippen molar-refractivity contribution in [3.8, 4) is 17.2 Å². The van der Waals surface area contributed by atoms with E-state index in [-0.39, 0.29) is 11.6 Å². The quantitative estimate of drug-likeness (QED) is 0.536. The number of hydrogen-bond acceptors (Lipinski definition) is 6. The maximum Gasteiger partial charge on any atom is 0.415 e. The Morgan fingerprint density at radius 1 is 1.03 bits per heavy atom. The van der Waals surface area contributed by atoms with Gasteiger partial charge in [-0.2, -0.15) is 0 Å². The largest absolute Gasteiger partial charge is 0.497 e. The summed E-state index contributed by atoms with van der Waals surface area (Å²) in [6.07, 6.45) is 3.06. The Morgan fingerprint density at radius 2 is 1.70 bits per heavy atom. The van der Waals surface area contributed by atoms with Crippen LogP contribution in [0, 0.1) is 0 Å². The zero-order valence-electron chi connectivity index (χ0n) is 19.4. The van der Waals surface area contributed by atoms with Gasteiger partial charge in [-0.15, -0.1) is 0 Å². The van der Waals surface area contributed by atoms with Gasteiger partial charge >= 0.3 is 6.09 Å². The first kappa shape index (κ1) is 22.4. The molecule has 8 heteroatoms. The summed E-state index contributed by atoms with van der Waals surface area (Å²) in [6, 6.07) is 12.0. The smallest absolute Gasteiger partial charge is 0.415 e. The van der Waals surface area contributed by atoms with Gasteiger partial charge in [-0.1, -0.05) is 18.2 Å². The van der Waals surface area contributed by atoms with Crippen LogP contribution in [0.25, 0.3) is 5.69 Å². The monoisotopic (exact) mass is 449 g/mol. The molecule has 1 unspecified atom stereocenters. The SMILES string of the molecule is COc1cc(OC)cc(-n2ccnc2C(=O)C2Cc3ccccc3N2C(=O)OC(C)(C)C)c1. The van der Waals surface area contributed by atoms with Crippen LogP contribution in [0.5, 0.6) is 11.5 Å². The lowest BCUT2D eigenvalue weighted by atomic mass is 10.1. The lowest BCUT2D eigenvalue weighted by Gasteiger charge is -2.28. The molecule has 0 aliphatic carbocycles. The molecule has 2 aromatic carbocycles. The van der Waals surface area contributed by atoms with E-state index in [1.807, 2.05) is 24.3 Å². The molecule has 0 spiro atoms. The van der Waals surface area contributed by atoms with Crippen molar-refractivity contribution in [2.75, 3.05) is 19.1 Å². The van der Waals surface area contributed by atoms with E-state index in [0.29, 0.717) is 29.3 Å². The average Bonchev–Trinajstić information content (AvgIpc) is 3.42. The molecule has 0 fully saturated rings. The van der Waals surface area contributed by atoms with Gasteiger partial charge in [-0.3, -0.25) is 14.3 Å². The highest BCUT2D eigenvalue weighted by molar-refractivity contribution is 6.07. The van der Waals surface area contributed by atoms with E-state index in [1.165, 1.54) is 4.90 Å². The number of aromatic nitrogens is 2. The van der Waals surface area contributed by atoms with Gasteiger partial charge in [-0.25, -0.2) is 9.78 Å². The summed E-state index contributed by atoms with van der Waals surface area (Å²) in [6.45, 7) is 5.39. The van der Waals surface area contributed by atoms with Crippen LogP contribution in [0.3, 0.4) is 0 Å². The van der Waals surface area contributed by atoms with Crippen molar-refractivity contribution in [2.24, 2.45) is 0 Å². The molecule has 8 nitrogen and oxygen atoms in total. The molecule has 0 N–H and O–H groups in total. The lowest BCUT2D eigenvalue weighted by molar-refractivity contribution is 0.0558. The van der Waals surface area contributed by atoms with Gasteiger partial charge in [0.15, 0.2) is 5.82 Å². The maximum atomic E-state index is 13.8. The van der Waals surface area contributed by atoms with Gasteiger partial charge in [0.1, 0.15) is 23.1 Å². The maximum absolute atomic E-state index is 13.8. The Kier molecular flexibility index (Phi) is 5.84. The minimum atomic E-state index is -0.772. The number of imidazole rings is 1. The normalized spacial score (nSPS) is 15.2. The van der Waals surface area contributed by atoms with Crippen LogP contribution in [-0.4, -0.2) is 47.3 Å². The number of carbonyl (C=O) groups excluding carboxylic acids is 2. The highest BCUT2D eigenvalue weighted by Crippen LogP contribution is 2.35. The van der Waals surface area contributed by atoms with E-state index in [1.54, 1.807) is 70.2 Å². The fourth-order valence-electron chi connectivity index (χ4n) is 3.91. The summed E-state index contributed by atoms with van der Waals surface area (Å²) in [5, 5.41) is 0. The number of Topliss-reactive ketones (excluding diaryl/α,β-unsaturated/α-hetero) is 1. The van der Waals surface area contributed by atoms with Crippen LogP contribution in [0.4, 0.5) is 10.5 Å². The van der Waals surface area contributed by atoms with Gasteiger partial charge in [0.2, 0.25) is 5.78 Å². The highest BCUT2D eigenvalue weighted by Gasteiger charge is 2.42. The number of amides is 1. The van der Waals surface area contributed by atoms with Gasteiger partial charge in [-0.05, 0) is 32.4 Å².